The van der Waals surface area contributed by atoms with E-state index in [0.717, 1.165) is 11.3 Å². The van der Waals surface area contributed by atoms with Gasteiger partial charge in [-0.15, -0.1) is 0 Å². The zero-order chi connectivity index (χ0) is 22.1. The van der Waals surface area contributed by atoms with Crippen molar-refractivity contribution in [3.05, 3.63) is 35.4 Å². The Kier molecular flexibility index (Phi) is 6.21. The SMILES string of the molecule is CC(C)C[C@@H](C)NC(=O)c1ccc(CN2C(=O)NC3(CCS(=O)(=O)CC3)C2=O)cc1. The molecule has 1 atom stereocenters. The van der Waals surface area contributed by atoms with Crippen LogP contribution in [0, 0.1) is 5.92 Å². The molecule has 0 unspecified atom stereocenters. The average Bonchev–Trinajstić information content (AvgIpc) is 2.89. The third kappa shape index (κ3) is 4.83. The summed E-state index contributed by atoms with van der Waals surface area (Å²) < 4.78 is 23.4. The van der Waals surface area contributed by atoms with Gasteiger partial charge < -0.3 is 10.6 Å². The number of nitrogens with zero attached hydrogens (tertiary/aromatic N) is 1. The molecule has 0 aromatic heterocycles. The largest absolute Gasteiger partial charge is 0.350 e. The Labute approximate surface area is 177 Å². The topological polar surface area (TPSA) is 113 Å². The van der Waals surface area contributed by atoms with Gasteiger partial charge in [-0.2, -0.15) is 0 Å². The molecule has 2 aliphatic rings. The molecule has 30 heavy (non-hydrogen) atoms. The van der Waals surface area contributed by atoms with Crippen LogP contribution in [-0.2, 0) is 21.2 Å². The minimum absolute atomic E-state index is 0.0681. The highest BCUT2D eigenvalue weighted by Crippen LogP contribution is 2.31. The third-order valence-corrected chi connectivity index (χ3v) is 7.34. The van der Waals surface area contributed by atoms with Gasteiger partial charge in [-0.1, -0.05) is 26.0 Å². The van der Waals surface area contributed by atoms with E-state index in [0.29, 0.717) is 17.0 Å². The normalized spacial score (nSPS) is 21.0. The standard InChI is InChI=1S/C21H29N3O5S/c1-14(2)12-15(3)22-18(25)17-6-4-16(5-7-17)13-24-19(26)21(23-20(24)27)8-10-30(28,29)11-9-21/h4-7,14-15H,8-13H2,1-3H3,(H,22,25)(H,23,27)/t15-/m1/s1. The smallest absolute Gasteiger partial charge is 0.325 e. The van der Waals surface area contributed by atoms with Gasteiger partial charge in [-0.25, -0.2) is 13.2 Å². The fourth-order valence-electron chi connectivity index (χ4n) is 4.06. The van der Waals surface area contributed by atoms with Crippen molar-refractivity contribution < 1.29 is 22.8 Å². The molecule has 2 heterocycles. The van der Waals surface area contributed by atoms with Gasteiger partial charge >= 0.3 is 6.03 Å². The zero-order valence-electron chi connectivity index (χ0n) is 17.6. The molecule has 164 valence electrons. The minimum atomic E-state index is -3.15. The van der Waals surface area contributed by atoms with Crippen LogP contribution in [0.1, 0.15) is 56.0 Å². The van der Waals surface area contributed by atoms with Gasteiger partial charge in [0.15, 0.2) is 9.84 Å². The van der Waals surface area contributed by atoms with Gasteiger partial charge in [0, 0.05) is 11.6 Å². The number of amides is 4. The third-order valence-electron chi connectivity index (χ3n) is 5.68. The zero-order valence-corrected chi connectivity index (χ0v) is 18.4. The predicted molar refractivity (Wildman–Crippen MR) is 113 cm³/mol. The number of rotatable bonds is 6. The second-order valence-corrected chi connectivity index (χ2v) is 11.1. The lowest BCUT2D eigenvalue weighted by Crippen LogP contribution is -2.52. The van der Waals surface area contributed by atoms with E-state index in [1.807, 2.05) is 6.92 Å². The van der Waals surface area contributed by atoms with Gasteiger partial charge in [0.2, 0.25) is 0 Å². The summed E-state index contributed by atoms with van der Waals surface area (Å²) in [4.78, 5) is 38.8. The molecule has 1 spiro atoms. The highest BCUT2D eigenvalue weighted by molar-refractivity contribution is 7.91. The van der Waals surface area contributed by atoms with Crippen LogP contribution in [0.4, 0.5) is 4.79 Å². The molecule has 0 radical (unpaired) electrons. The van der Waals surface area contributed by atoms with Crippen LogP contribution in [-0.4, -0.2) is 54.2 Å². The van der Waals surface area contributed by atoms with Crippen molar-refractivity contribution in [3.8, 4) is 0 Å². The Hall–Kier alpha value is -2.42. The average molecular weight is 436 g/mol. The van der Waals surface area contributed by atoms with E-state index in [4.69, 9.17) is 0 Å². The predicted octanol–water partition coefficient (Wildman–Crippen LogP) is 1.85. The van der Waals surface area contributed by atoms with Crippen LogP contribution in [0.25, 0.3) is 0 Å². The first kappa shape index (κ1) is 22.3. The number of imide groups is 1. The van der Waals surface area contributed by atoms with Gasteiger partial charge in [0.05, 0.1) is 18.1 Å². The highest BCUT2D eigenvalue weighted by atomic mass is 32.2. The molecule has 1 aromatic rings. The minimum Gasteiger partial charge on any atom is -0.350 e. The molecule has 2 saturated heterocycles. The van der Waals surface area contributed by atoms with Crippen LogP contribution in [0.15, 0.2) is 24.3 Å². The van der Waals surface area contributed by atoms with Crippen molar-refractivity contribution in [2.45, 2.75) is 58.2 Å². The highest BCUT2D eigenvalue weighted by Gasteiger charge is 2.53. The maximum absolute atomic E-state index is 12.9. The second-order valence-electron chi connectivity index (χ2n) is 8.76. The number of carbonyl (C=O) groups excluding carboxylic acids is 3. The first-order valence-electron chi connectivity index (χ1n) is 10.3. The summed E-state index contributed by atoms with van der Waals surface area (Å²) in [5.74, 6) is -0.268. The van der Waals surface area contributed by atoms with Crippen LogP contribution in [0.3, 0.4) is 0 Å². The Bertz CT molecular complexity index is 926. The molecular weight excluding hydrogens is 406 g/mol. The van der Waals surface area contributed by atoms with Gasteiger partial charge in [0.1, 0.15) is 5.54 Å². The molecule has 2 fully saturated rings. The molecule has 1 aromatic carbocycles. The maximum atomic E-state index is 12.9. The lowest BCUT2D eigenvalue weighted by Gasteiger charge is -2.30. The monoisotopic (exact) mass is 435 g/mol. The fraction of sp³-hybridized carbons (Fsp3) is 0.571. The Balaban J connectivity index is 1.63. The first-order chi connectivity index (χ1) is 14.0. The van der Waals surface area contributed by atoms with E-state index in [1.165, 1.54) is 0 Å². The summed E-state index contributed by atoms with van der Waals surface area (Å²) >= 11 is 0. The number of hydrogen-bond donors (Lipinski definition) is 2. The summed E-state index contributed by atoms with van der Waals surface area (Å²) in [6.07, 6.45) is 1.09. The fourth-order valence-corrected chi connectivity index (χ4v) is 5.59. The number of benzene rings is 1. The first-order valence-corrected chi connectivity index (χ1v) is 12.1. The second kappa shape index (κ2) is 8.37. The maximum Gasteiger partial charge on any atom is 0.325 e. The molecule has 4 amide bonds. The van der Waals surface area contributed by atoms with Crippen molar-refractivity contribution in [1.29, 1.82) is 0 Å². The lowest BCUT2D eigenvalue weighted by molar-refractivity contribution is -0.132. The van der Waals surface area contributed by atoms with E-state index >= 15 is 0 Å². The van der Waals surface area contributed by atoms with E-state index in [1.54, 1.807) is 24.3 Å². The summed E-state index contributed by atoms with van der Waals surface area (Å²) in [6.45, 7) is 6.24. The Morgan fingerprint density at radius 1 is 1.13 bits per heavy atom. The summed E-state index contributed by atoms with van der Waals surface area (Å²) in [5.41, 5.74) is 0.112. The molecule has 2 N–H and O–H groups in total. The molecule has 8 nitrogen and oxygen atoms in total. The van der Waals surface area contributed by atoms with Crippen molar-refractivity contribution >= 4 is 27.7 Å². The number of hydrogen-bond acceptors (Lipinski definition) is 5. The number of sulfone groups is 1. The molecule has 0 saturated carbocycles. The summed E-state index contributed by atoms with van der Waals surface area (Å²) in [7, 11) is -3.15. The number of carbonyl (C=O) groups is 3. The molecule has 3 rings (SSSR count). The lowest BCUT2D eigenvalue weighted by atomic mass is 9.92. The van der Waals surface area contributed by atoms with Gasteiger partial charge in [-0.3, -0.25) is 14.5 Å². The van der Waals surface area contributed by atoms with E-state index in [-0.39, 0.29) is 48.7 Å². The molecular formula is C21H29N3O5S. The number of urea groups is 1. The summed E-state index contributed by atoms with van der Waals surface area (Å²) in [6, 6.07) is 6.35. The van der Waals surface area contributed by atoms with Crippen LogP contribution < -0.4 is 10.6 Å². The van der Waals surface area contributed by atoms with Crippen molar-refractivity contribution in [3.63, 3.8) is 0 Å². The van der Waals surface area contributed by atoms with Gasteiger partial charge in [-0.05, 0) is 49.8 Å². The van der Waals surface area contributed by atoms with E-state index in [2.05, 4.69) is 24.5 Å². The molecule has 0 aliphatic carbocycles. The molecule has 2 aliphatic heterocycles. The van der Waals surface area contributed by atoms with E-state index < -0.39 is 21.4 Å². The van der Waals surface area contributed by atoms with Crippen LogP contribution in [0.2, 0.25) is 0 Å². The Morgan fingerprint density at radius 3 is 2.30 bits per heavy atom. The van der Waals surface area contributed by atoms with Crippen molar-refractivity contribution in [2.75, 3.05) is 11.5 Å². The van der Waals surface area contributed by atoms with Gasteiger partial charge in [0.25, 0.3) is 11.8 Å². The quantitative estimate of drug-likeness (QED) is 0.662. The van der Waals surface area contributed by atoms with Crippen molar-refractivity contribution in [1.82, 2.24) is 15.5 Å². The van der Waals surface area contributed by atoms with Crippen molar-refractivity contribution in [2.24, 2.45) is 5.92 Å². The molecule has 0 bridgehead atoms. The van der Waals surface area contributed by atoms with E-state index in [9.17, 15) is 22.8 Å². The number of nitrogens with one attached hydrogen (secondary N) is 2. The Morgan fingerprint density at radius 2 is 1.73 bits per heavy atom. The van der Waals surface area contributed by atoms with Crippen LogP contribution >= 0.6 is 0 Å². The van der Waals surface area contributed by atoms with Crippen LogP contribution in [0.5, 0.6) is 0 Å². The molecule has 9 heteroatoms. The summed E-state index contributed by atoms with van der Waals surface area (Å²) in [5, 5.41) is 5.67.